The number of hydrogen-bond donors (Lipinski definition) is 4. The minimum atomic E-state index is -3.88. The molecular formula is C23H30N4O5S. The van der Waals surface area contributed by atoms with Crippen LogP contribution in [0.5, 0.6) is 0 Å². The predicted molar refractivity (Wildman–Crippen MR) is 125 cm³/mol. The van der Waals surface area contributed by atoms with E-state index in [4.69, 9.17) is 0 Å². The Morgan fingerprint density at radius 2 is 1.91 bits per heavy atom. The van der Waals surface area contributed by atoms with Crippen LogP contribution in [0.1, 0.15) is 42.5 Å². The first-order valence-electron chi connectivity index (χ1n) is 11.1. The van der Waals surface area contributed by atoms with Crippen molar-refractivity contribution >= 4 is 27.7 Å². The molecule has 9 nitrogen and oxygen atoms in total. The van der Waals surface area contributed by atoms with E-state index >= 15 is 0 Å². The quantitative estimate of drug-likeness (QED) is 0.344. The van der Waals surface area contributed by atoms with Crippen molar-refractivity contribution in [1.82, 2.24) is 15.0 Å². The predicted octanol–water partition coefficient (Wildman–Crippen LogP) is 1.84. The number of carbonyl (C=O) groups excluding carboxylic acids is 1. The van der Waals surface area contributed by atoms with E-state index in [9.17, 15) is 23.1 Å². The summed E-state index contributed by atoms with van der Waals surface area (Å²) in [5, 5.41) is 15.2. The van der Waals surface area contributed by atoms with Gasteiger partial charge in [-0.1, -0.05) is 36.4 Å². The molecule has 33 heavy (non-hydrogen) atoms. The third kappa shape index (κ3) is 8.14. The highest BCUT2D eigenvalue weighted by molar-refractivity contribution is 7.88. The van der Waals surface area contributed by atoms with Crippen LogP contribution in [0, 0.1) is 0 Å². The molecule has 0 spiro atoms. The molecule has 1 aliphatic heterocycles. The van der Waals surface area contributed by atoms with Gasteiger partial charge in [-0.25, -0.2) is 13.4 Å². The van der Waals surface area contributed by atoms with Gasteiger partial charge in [-0.05, 0) is 49.3 Å². The molecular weight excluding hydrogens is 444 g/mol. The minimum absolute atomic E-state index is 0.228. The summed E-state index contributed by atoms with van der Waals surface area (Å²) in [5.74, 6) is -1.05. The molecule has 0 radical (unpaired) electrons. The lowest BCUT2D eigenvalue weighted by molar-refractivity contribution is -0.138. The summed E-state index contributed by atoms with van der Waals surface area (Å²) in [6.07, 6.45) is 4.52. The molecule has 2 heterocycles. The van der Waals surface area contributed by atoms with Crippen molar-refractivity contribution in [2.24, 2.45) is 0 Å². The number of amides is 1. The Morgan fingerprint density at radius 3 is 2.67 bits per heavy atom. The molecule has 178 valence electrons. The maximum atomic E-state index is 12.3. The van der Waals surface area contributed by atoms with Crippen LogP contribution in [0.25, 0.3) is 0 Å². The van der Waals surface area contributed by atoms with Gasteiger partial charge in [0.25, 0.3) is 0 Å². The summed E-state index contributed by atoms with van der Waals surface area (Å²) >= 11 is 0. The van der Waals surface area contributed by atoms with E-state index in [-0.39, 0.29) is 24.6 Å². The Hall–Kier alpha value is -2.98. The molecule has 0 fully saturated rings. The van der Waals surface area contributed by atoms with Gasteiger partial charge in [0.2, 0.25) is 15.9 Å². The molecule has 0 saturated carbocycles. The summed E-state index contributed by atoms with van der Waals surface area (Å²) in [4.78, 5) is 28.2. The topological polar surface area (TPSA) is 137 Å². The van der Waals surface area contributed by atoms with Gasteiger partial charge in [-0.15, -0.1) is 0 Å². The van der Waals surface area contributed by atoms with E-state index in [1.807, 2.05) is 6.07 Å². The first kappa shape index (κ1) is 24.7. The lowest BCUT2D eigenvalue weighted by Crippen LogP contribution is -2.48. The first-order valence-corrected chi connectivity index (χ1v) is 12.7. The zero-order chi connectivity index (χ0) is 23.7. The van der Waals surface area contributed by atoms with E-state index in [1.165, 1.54) is 5.56 Å². The van der Waals surface area contributed by atoms with Crippen LogP contribution in [-0.2, 0) is 38.2 Å². The number of pyridine rings is 1. The minimum Gasteiger partial charge on any atom is -0.480 e. The number of hydrogen-bond acceptors (Lipinski definition) is 6. The summed E-state index contributed by atoms with van der Waals surface area (Å²) in [6.45, 7) is 0.615. The largest absolute Gasteiger partial charge is 0.480 e. The maximum Gasteiger partial charge on any atom is 0.323 e. The van der Waals surface area contributed by atoms with E-state index < -0.39 is 22.0 Å². The van der Waals surface area contributed by atoms with Gasteiger partial charge in [0.1, 0.15) is 11.9 Å². The standard InChI is InChI=1S/C23H30N4O5S/c28-21(11-5-4-10-19-13-12-18-9-6-14-24-22(18)26-19)25-15-20(23(29)30)27-33(31,32)16-17-7-2-1-3-8-17/h1-3,7-8,12-13,20,27H,4-6,9-11,14-16H2,(H,24,26)(H,25,28)(H,29,30). The number of rotatable bonds is 12. The highest BCUT2D eigenvalue weighted by Gasteiger charge is 2.24. The molecule has 0 bridgehead atoms. The monoisotopic (exact) mass is 474 g/mol. The van der Waals surface area contributed by atoms with Crippen LogP contribution >= 0.6 is 0 Å². The molecule has 1 amide bonds. The van der Waals surface area contributed by atoms with Crippen molar-refractivity contribution in [3.63, 3.8) is 0 Å². The number of unbranched alkanes of at least 4 members (excludes halogenated alkanes) is 1. The van der Waals surface area contributed by atoms with E-state index in [1.54, 1.807) is 30.3 Å². The number of carboxylic acids is 1. The van der Waals surface area contributed by atoms with Crippen molar-refractivity contribution in [3.05, 3.63) is 59.3 Å². The van der Waals surface area contributed by atoms with Gasteiger partial charge in [-0.3, -0.25) is 9.59 Å². The van der Waals surface area contributed by atoms with E-state index in [0.29, 0.717) is 12.0 Å². The van der Waals surface area contributed by atoms with Crippen LogP contribution in [0.4, 0.5) is 5.82 Å². The number of fused-ring (bicyclic) bond motifs is 1. The number of nitrogens with zero attached hydrogens (tertiary/aromatic N) is 1. The molecule has 0 saturated heterocycles. The summed E-state index contributed by atoms with van der Waals surface area (Å²) in [7, 11) is -3.88. The van der Waals surface area contributed by atoms with E-state index in [2.05, 4.69) is 26.4 Å². The number of aliphatic carboxylic acids is 1. The SMILES string of the molecule is O=C(CCCCc1ccc2c(n1)NCCC2)NCC(NS(=O)(=O)Cc1ccccc1)C(=O)O. The molecule has 1 aliphatic rings. The summed E-state index contributed by atoms with van der Waals surface area (Å²) in [6, 6.07) is 11.2. The van der Waals surface area contributed by atoms with Gasteiger partial charge in [0.05, 0.1) is 5.75 Å². The molecule has 1 aromatic heterocycles. The van der Waals surface area contributed by atoms with Crippen LogP contribution < -0.4 is 15.4 Å². The second kappa shape index (κ2) is 11.8. The fourth-order valence-corrected chi connectivity index (χ4v) is 4.97. The maximum absolute atomic E-state index is 12.3. The van der Waals surface area contributed by atoms with Crippen LogP contribution in [0.2, 0.25) is 0 Å². The normalized spacial score (nSPS) is 14.1. The third-order valence-electron chi connectivity index (χ3n) is 5.36. The van der Waals surface area contributed by atoms with Crippen molar-refractivity contribution in [2.45, 2.75) is 50.3 Å². The lowest BCUT2D eigenvalue weighted by atomic mass is 10.1. The molecule has 0 aliphatic carbocycles. The Labute approximate surface area is 194 Å². The van der Waals surface area contributed by atoms with Gasteiger partial charge in [0.15, 0.2) is 0 Å². The number of carboxylic acid groups (broad SMARTS) is 1. The number of sulfonamides is 1. The van der Waals surface area contributed by atoms with Gasteiger partial charge < -0.3 is 15.7 Å². The molecule has 1 aromatic carbocycles. The number of aryl methyl sites for hydroxylation is 2. The number of carbonyl (C=O) groups is 2. The van der Waals surface area contributed by atoms with Gasteiger partial charge in [0, 0.05) is 25.2 Å². The number of aromatic nitrogens is 1. The zero-order valence-electron chi connectivity index (χ0n) is 18.4. The second-order valence-electron chi connectivity index (χ2n) is 8.11. The number of nitrogens with one attached hydrogen (secondary N) is 3. The van der Waals surface area contributed by atoms with Gasteiger partial charge in [-0.2, -0.15) is 4.72 Å². The number of anilines is 1. The third-order valence-corrected chi connectivity index (χ3v) is 6.72. The van der Waals surface area contributed by atoms with Crippen molar-refractivity contribution in [2.75, 3.05) is 18.4 Å². The van der Waals surface area contributed by atoms with Crippen molar-refractivity contribution in [1.29, 1.82) is 0 Å². The Kier molecular flexibility index (Phi) is 8.79. The molecule has 3 rings (SSSR count). The molecule has 4 N–H and O–H groups in total. The Bertz CT molecular complexity index is 1060. The van der Waals surface area contributed by atoms with Crippen LogP contribution in [-0.4, -0.2) is 49.5 Å². The average Bonchev–Trinajstić information content (AvgIpc) is 2.79. The molecule has 1 unspecified atom stereocenters. The zero-order valence-corrected chi connectivity index (χ0v) is 19.2. The summed E-state index contributed by atoms with van der Waals surface area (Å²) in [5.41, 5.74) is 2.75. The number of benzene rings is 1. The van der Waals surface area contributed by atoms with Crippen LogP contribution in [0.15, 0.2) is 42.5 Å². The first-order chi connectivity index (χ1) is 15.8. The van der Waals surface area contributed by atoms with Crippen molar-refractivity contribution in [3.8, 4) is 0 Å². The fraction of sp³-hybridized carbons (Fsp3) is 0.435. The van der Waals surface area contributed by atoms with Crippen LogP contribution in [0.3, 0.4) is 0 Å². The smallest absolute Gasteiger partial charge is 0.323 e. The average molecular weight is 475 g/mol. The lowest BCUT2D eigenvalue weighted by Gasteiger charge is -2.17. The Balaban J connectivity index is 1.39. The summed E-state index contributed by atoms with van der Waals surface area (Å²) < 4.78 is 26.7. The fourth-order valence-electron chi connectivity index (χ4n) is 3.64. The highest BCUT2D eigenvalue weighted by atomic mass is 32.2. The van der Waals surface area contributed by atoms with E-state index in [0.717, 1.165) is 43.7 Å². The Morgan fingerprint density at radius 1 is 1.12 bits per heavy atom. The second-order valence-corrected chi connectivity index (χ2v) is 9.86. The highest BCUT2D eigenvalue weighted by Crippen LogP contribution is 2.20. The molecule has 2 aromatic rings. The van der Waals surface area contributed by atoms with Crippen molar-refractivity contribution < 1.29 is 23.1 Å². The molecule has 1 atom stereocenters. The van der Waals surface area contributed by atoms with Gasteiger partial charge >= 0.3 is 5.97 Å². The molecule has 10 heteroatoms.